The van der Waals surface area contributed by atoms with Crippen LogP contribution in [0.4, 0.5) is 0 Å². The van der Waals surface area contributed by atoms with Crippen molar-refractivity contribution in [3.05, 3.63) is 0 Å². The van der Waals surface area contributed by atoms with Gasteiger partial charge in [0.15, 0.2) is 0 Å². The summed E-state index contributed by atoms with van der Waals surface area (Å²) in [6, 6.07) is 0. The Hall–Kier alpha value is -0.690. The molecule has 1 amide bonds. The van der Waals surface area contributed by atoms with E-state index in [1.807, 2.05) is 0 Å². The Morgan fingerprint density at radius 2 is 2.12 bits per heavy atom. The molecule has 0 aromatic heterocycles. The summed E-state index contributed by atoms with van der Waals surface area (Å²) in [6.45, 7) is 2.24. The van der Waals surface area contributed by atoms with Crippen LogP contribution in [-0.4, -0.2) is 46.0 Å². The Labute approximate surface area is 95.4 Å². The van der Waals surface area contributed by atoms with Crippen LogP contribution in [-0.2, 0) is 19.1 Å². The van der Waals surface area contributed by atoms with Gasteiger partial charge in [-0.1, -0.05) is 0 Å². The summed E-state index contributed by atoms with van der Waals surface area (Å²) < 4.78 is 10.0. The first-order chi connectivity index (χ1) is 7.75. The van der Waals surface area contributed by atoms with E-state index in [-0.39, 0.29) is 5.91 Å². The second kappa shape index (κ2) is 6.80. The van der Waals surface area contributed by atoms with Gasteiger partial charge in [-0.05, 0) is 12.8 Å². The third-order valence-corrected chi connectivity index (χ3v) is 2.88. The molecule has 0 unspecified atom stereocenters. The Morgan fingerprint density at radius 3 is 2.69 bits per heavy atom. The van der Waals surface area contributed by atoms with Crippen molar-refractivity contribution in [2.45, 2.75) is 12.8 Å². The number of rotatable bonds is 6. The van der Waals surface area contributed by atoms with Crippen molar-refractivity contribution in [3.63, 3.8) is 0 Å². The molecule has 0 saturated carbocycles. The maximum absolute atomic E-state index is 11.9. The van der Waals surface area contributed by atoms with Crippen LogP contribution in [0.5, 0.6) is 0 Å². The lowest BCUT2D eigenvalue weighted by Crippen LogP contribution is -2.49. The molecular formula is C10H20N2O4. The molecule has 1 fully saturated rings. The minimum absolute atomic E-state index is 0.158. The molecule has 1 heterocycles. The summed E-state index contributed by atoms with van der Waals surface area (Å²) >= 11 is 0. The first-order valence-corrected chi connectivity index (χ1v) is 5.44. The molecule has 0 bridgehead atoms. The number of carbonyl (C=O) groups is 1. The number of hydrogen-bond acceptors (Lipinski definition) is 5. The van der Waals surface area contributed by atoms with Gasteiger partial charge in [0.2, 0.25) is 0 Å². The molecule has 16 heavy (non-hydrogen) atoms. The van der Waals surface area contributed by atoms with E-state index in [1.54, 1.807) is 7.11 Å². The van der Waals surface area contributed by atoms with Crippen molar-refractivity contribution in [1.29, 1.82) is 0 Å². The van der Waals surface area contributed by atoms with Crippen molar-refractivity contribution >= 4 is 5.91 Å². The van der Waals surface area contributed by atoms with Gasteiger partial charge in [-0.3, -0.25) is 9.63 Å². The van der Waals surface area contributed by atoms with Crippen LogP contribution >= 0.6 is 0 Å². The highest BCUT2D eigenvalue weighted by Gasteiger charge is 2.38. The number of methoxy groups -OCH3 is 1. The van der Waals surface area contributed by atoms with Crippen LogP contribution in [0.1, 0.15) is 12.8 Å². The fraction of sp³-hybridized carbons (Fsp3) is 0.900. The molecule has 0 radical (unpaired) electrons. The Kier molecular flexibility index (Phi) is 5.68. The van der Waals surface area contributed by atoms with E-state index in [0.717, 1.165) is 0 Å². The van der Waals surface area contributed by atoms with Gasteiger partial charge < -0.3 is 15.2 Å². The first kappa shape index (κ1) is 13.4. The van der Waals surface area contributed by atoms with Gasteiger partial charge in [-0.25, -0.2) is 5.48 Å². The number of amides is 1. The normalized spacial score (nSPS) is 19.4. The van der Waals surface area contributed by atoms with E-state index in [1.165, 1.54) is 0 Å². The summed E-state index contributed by atoms with van der Waals surface area (Å²) in [7, 11) is 1.57. The van der Waals surface area contributed by atoms with Crippen molar-refractivity contribution in [1.82, 2.24) is 5.48 Å². The number of ether oxygens (including phenoxy) is 2. The fourth-order valence-corrected chi connectivity index (χ4v) is 1.64. The van der Waals surface area contributed by atoms with Crippen molar-refractivity contribution in [3.8, 4) is 0 Å². The molecule has 1 rings (SSSR count). The smallest absolute Gasteiger partial charge is 0.251 e. The third-order valence-electron chi connectivity index (χ3n) is 2.88. The van der Waals surface area contributed by atoms with Crippen LogP contribution in [0.2, 0.25) is 0 Å². The number of nitrogens with one attached hydrogen (secondary N) is 1. The average molecular weight is 232 g/mol. The van der Waals surface area contributed by atoms with Crippen molar-refractivity contribution in [2.24, 2.45) is 11.1 Å². The minimum atomic E-state index is -0.536. The molecule has 6 nitrogen and oxygen atoms in total. The Balaban J connectivity index is 2.36. The molecule has 0 spiro atoms. The molecule has 1 aliphatic heterocycles. The van der Waals surface area contributed by atoms with Crippen molar-refractivity contribution in [2.75, 3.05) is 40.1 Å². The zero-order chi connectivity index (χ0) is 11.9. The fourth-order valence-electron chi connectivity index (χ4n) is 1.64. The van der Waals surface area contributed by atoms with Crippen LogP contribution in [0.15, 0.2) is 0 Å². The average Bonchev–Trinajstić information content (AvgIpc) is 2.35. The largest absolute Gasteiger partial charge is 0.382 e. The zero-order valence-electron chi connectivity index (χ0n) is 9.66. The standard InChI is InChI=1S/C10H20N2O4/c1-14-6-7-16-12-9(13)10(8-11)2-4-15-5-3-10/h2-8,11H2,1H3,(H,12,13). The molecule has 0 aromatic carbocycles. The van der Waals surface area contributed by atoms with Gasteiger partial charge >= 0.3 is 0 Å². The van der Waals surface area contributed by atoms with Gasteiger partial charge in [0.1, 0.15) is 0 Å². The molecule has 1 saturated heterocycles. The summed E-state index contributed by atoms with van der Waals surface area (Å²) in [6.07, 6.45) is 1.28. The second-order valence-electron chi connectivity index (χ2n) is 3.87. The maximum Gasteiger partial charge on any atom is 0.251 e. The Bertz CT molecular complexity index is 217. The lowest BCUT2D eigenvalue weighted by molar-refractivity contribution is -0.150. The van der Waals surface area contributed by atoms with Gasteiger partial charge in [-0.2, -0.15) is 0 Å². The zero-order valence-corrected chi connectivity index (χ0v) is 9.66. The SMILES string of the molecule is COCCONC(=O)C1(CN)CCOCC1. The molecule has 0 aromatic rings. The topological polar surface area (TPSA) is 82.8 Å². The van der Waals surface area contributed by atoms with Gasteiger partial charge in [0.05, 0.1) is 18.6 Å². The number of hydrogen-bond donors (Lipinski definition) is 2. The summed E-state index contributed by atoms with van der Waals surface area (Å²) in [5.41, 5.74) is 7.56. The van der Waals surface area contributed by atoms with Crippen LogP contribution in [0, 0.1) is 5.41 Å². The molecule has 1 aliphatic rings. The predicted octanol–water partition coefficient (Wildman–Crippen LogP) is -0.564. The second-order valence-corrected chi connectivity index (χ2v) is 3.87. The van der Waals surface area contributed by atoms with Gasteiger partial charge in [0, 0.05) is 26.9 Å². The summed E-state index contributed by atoms with van der Waals surface area (Å²) in [5.74, 6) is -0.158. The lowest BCUT2D eigenvalue weighted by Gasteiger charge is -2.34. The molecule has 0 atom stereocenters. The van der Waals surface area contributed by atoms with E-state index < -0.39 is 5.41 Å². The van der Waals surface area contributed by atoms with Crippen LogP contribution < -0.4 is 11.2 Å². The third kappa shape index (κ3) is 3.41. The Morgan fingerprint density at radius 1 is 1.44 bits per heavy atom. The van der Waals surface area contributed by atoms with E-state index in [0.29, 0.717) is 45.8 Å². The predicted molar refractivity (Wildman–Crippen MR) is 57.5 cm³/mol. The number of hydroxylamine groups is 1. The van der Waals surface area contributed by atoms with E-state index in [2.05, 4.69) is 5.48 Å². The van der Waals surface area contributed by atoms with Gasteiger partial charge in [0.25, 0.3) is 5.91 Å². The maximum atomic E-state index is 11.9. The summed E-state index contributed by atoms with van der Waals surface area (Å²) in [5, 5.41) is 0. The monoisotopic (exact) mass is 232 g/mol. The van der Waals surface area contributed by atoms with Crippen LogP contribution in [0.3, 0.4) is 0 Å². The minimum Gasteiger partial charge on any atom is -0.382 e. The molecule has 6 heteroatoms. The highest BCUT2D eigenvalue weighted by molar-refractivity contribution is 5.82. The molecule has 0 aliphatic carbocycles. The number of nitrogens with two attached hydrogens (primary N) is 1. The first-order valence-electron chi connectivity index (χ1n) is 5.44. The van der Waals surface area contributed by atoms with E-state index in [9.17, 15) is 4.79 Å². The van der Waals surface area contributed by atoms with Crippen LogP contribution in [0.25, 0.3) is 0 Å². The molecular weight excluding hydrogens is 212 g/mol. The molecule has 94 valence electrons. The quantitative estimate of drug-likeness (QED) is 0.473. The van der Waals surface area contributed by atoms with Crippen molar-refractivity contribution < 1.29 is 19.1 Å². The summed E-state index contributed by atoms with van der Waals surface area (Å²) in [4.78, 5) is 16.9. The highest BCUT2D eigenvalue weighted by Crippen LogP contribution is 2.29. The molecule has 3 N–H and O–H groups in total. The van der Waals surface area contributed by atoms with E-state index >= 15 is 0 Å². The highest BCUT2D eigenvalue weighted by atomic mass is 16.7. The number of carbonyl (C=O) groups excluding carboxylic acids is 1. The van der Waals surface area contributed by atoms with Gasteiger partial charge in [-0.15, -0.1) is 0 Å². The van der Waals surface area contributed by atoms with E-state index in [4.69, 9.17) is 20.0 Å². The lowest BCUT2D eigenvalue weighted by atomic mass is 9.79.